The molecule has 1 heterocycles. The maximum atomic E-state index is 4.26. The van der Waals surface area contributed by atoms with Gasteiger partial charge in [0.05, 0.1) is 6.54 Å². The van der Waals surface area contributed by atoms with E-state index in [-0.39, 0.29) is 0 Å². The monoisotopic (exact) mass is 280 g/mol. The number of rotatable bonds is 6. The van der Waals surface area contributed by atoms with Crippen molar-refractivity contribution in [2.24, 2.45) is 17.8 Å². The number of aromatic nitrogens is 2. The van der Waals surface area contributed by atoms with Crippen LogP contribution < -0.4 is 5.32 Å². The molecule has 106 valence electrons. The van der Waals surface area contributed by atoms with Gasteiger partial charge in [-0.1, -0.05) is 17.8 Å². The number of hydrogen-bond acceptors (Lipinski definition) is 5. The summed E-state index contributed by atoms with van der Waals surface area (Å²) in [5.74, 6) is 2.99. The maximum Gasteiger partial charge on any atom is 0.205 e. The van der Waals surface area contributed by atoms with Crippen molar-refractivity contribution in [3.63, 3.8) is 0 Å². The molecular weight excluding hydrogens is 256 g/mol. The van der Waals surface area contributed by atoms with Crippen LogP contribution in [0.15, 0.2) is 0 Å². The molecule has 4 nitrogen and oxygen atoms in total. The van der Waals surface area contributed by atoms with Crippen LogP contribution in [0.25, 0.3) is 0 Å². The molecule has 2 fully saturated rings. The predicted octanol–water partition coefficient (Wildman–Crippen LogP) is 2.84. The highest BCUT2D eigenvalue weighted by atomic mass is 32.1. The van der Waals surface area contributed by atoms with Gasteiger partial charge in [-0.2, -0.15) is 0 Å². The molecule has 2 aliphatic carbocycles. The first-order valence-corrected chi connectivity index (χ1v) is 8.31. The second kappa shape index (κ2) is 5.75. The number of fused-ring (bicyclic) bond motifs is 2. The molecule has 2 bridgehead atoms. The Labute approximate surface area is 119 Å². The molecule has 3 rings (SSSR count). The summed E-state index contributed by atoms with van der Waals surface area (Å²) < 4.78 is 0. The lowest BCUT2D eigenvalue weighted by molar-refractivity contribution is 0.214. The zero-order chi connectivity index (χ0) is 13.2. The van der Waals surface area contributed by atoms with Gasteiger partial charge in [0, 0.05) is 13.1 Å². The zero-order valence-corrected chi connectivity index (χ0v) is 12.7. The molecule has 0 saturated heterocycles. The topological polar surface area (TPSA) is 41.1 Å². The predicted molar refractivity (Wildman–Crippen MR) is 79.3 cm³/mol. The number of anilines is 1. The summed E-state index contributed by atoms with van der Waals surface area (Å²) in [6.45, 7) is 5.17. The van der Waals surface area contributed by atoms with Gasteiger partial charge < -0.3 is 5.32 Å². The van der Waals surface area contributed by atoms with Crippen molar-refractivity contribution < 1.29 is 0 Å². The fourth-order valence-corrected chi connectivity index (χ4v) is 4.72. The van der Waals surface area contributed by atoms with Gasteiger partial charge >= 0.3 is 0 Å². The quantitative estimate of drug-likeness (QED) is 0.870. The van der Waals surface area contributed by atoms with Crippen LogP contribution in [0.1, 0.15) is 37.6 Å². The van der Waals surface area contributed by atoms with Crippen molar-refractivity contribution in [2.75, 3.05) is 25.5 Å². The van der Waals surface area contributed by atoms with Gasteiger partial charge in [-0.3, -0.25) is 4.90 Å². The van der Waals surface area contributed by atoms with Crippen molar-refractivity contribution in [1.29, 1.82) is 0 Å². The second-order valence-corrected chi connectivity index (χ2v) is 7.23. The van der Waals surface area contributed by atoms with E-state index in [1.807, 2.05) is 0 Å². The van der Waals surface area contributed by atoms with Crippen molar-refractivity contribution in [3.05, 3.63) is 5.01 Å². The summed E-state index contributed by atoms with van der Waals surface area (Å²) in [5.41, 5.74) is 0. The Balaban J connectivity index is 1.49. The van der Waals surface area contributed by atoms with Gasteiger partial charge in [0.15, 0.2) is 0 Å². The highest BCUT2D eigenvalue weighted by molar-refractivity contribution is 7.15. The Kier molecular flexibility index (Phi) is 4.03. The summed E-state index contributed by atoms with van der Waals surface area (Å²) >= 11 is 1.68. The standard InChI is InChI=1S/C14H24N4S/c1-3-15-14-17-16-13(19-14)9-18(2)8-12-7-10-4-5-11(12)6-10/h10-12H,3-9H2,1-2H3,(H,15,17). The highest BCUT2D eigenvalue weighted by Crippen LogP contribution is 2.48. The molecule has 19 heavy (non-hydrogen) atoms. The average molecular weight is 280 g/mol. The van der Waals surface area contributed by atoms with E-state index >= 15 is 0 Å². The summed E-state index contributed by atoms with van der Waals surface area (Å²) in [5, 5.41) is 13.7. The minimum Gasteiger partial charge on any atom is -0.360 e. The molecule has 1 aromatic rings. The first kappa shape index (κ1) is 13.3. The molecule has 0 aromatic carbocycles. The van der Waals surface area contributed by atoms with Crippen LogP contribution in [-0.2, 0) is 6.54 Å². The van der Waals surface area contributed by atoms with Gasteiger partial charge in [-0.25, -0.2) is 0 Å². The molecule has 0 amide bonds. The maximum absolute atomic E-state index is 4.26. The Morgan fingerprint density at radius 2 is 2.21 bits per heavy atom. The summed E-state index contributed by atoms with van der Waals surface area (Å²) in [6.07, 6.45) is 5.94. The van der Waals surface area contributed by atoms with Crippen LogP contribution in [0.5, 0.6) is 0 Å². The average Bonchev–Trinajstić information content (AvgIpc) is 3.06. The number of nitrogens with one attached hydrogen (secondary N) is 1. The lowest BCUT2D eigenvalue weighted by atomic mass is 9.88. The molecule has 1 aromatic heterocycles. The molecule has 2 aliphatic rings. The third kappa shape index (κ3) is 3.08. The van der Waals surface area contributed by atoms with E-state index in [0.29, 0.717) is 0 Å². The SMILES string of the molecule is CCNc1nnc(CN(C)CC2CC3CCC2C3)s1. The molecule has 1 N–H and O–H groups in total. The molecular formula is C14H24N4S. The Bertz CT molecular complexity index is 419. The smallest absolute Gasteiger partial charge is 0.205 e. The second-order valence-electron chi connectivity index (χ2n) is 6.16. The van der Waals surface area contributed by atoms with Crippen LogP contribution in [0.3, 0.4) is 0 Å². The Hall–Kier alpha value is -0.680. The minimum atomic E-state index is 0.912. The first-order valence-electron chi connectivity index (χ1n) is 7.49. The van der Waals surface area contributed by atoms with Gasteiger partial charge in [0.25, 0.3) is 0 Å². The fraction of sp³-hybridized carbons (Fsp3) is 0.857. The van der Waals surface area contributed by atoms with Gasteiger partial charge in [-0.05, 0) is 51.0 Å². The number of hydrogen-bond donors (Lipinski definition) is 1. The van der Waals surface area contributed by atoms with E-state index in [9.17, 15) is 0 Å². The van der Waals surface area contributed by atoms with Crippen molar-refractivity contribution in [3.8, 4) is 0 Å². The molecule has 0 spiro atoms. The largest absolute Gasteiger partial charge is 0.360 e. The molecule has 0 radical (unpaired) electrons. The van der Waals surface area contributed by atoms with Crippen LogP contribution >= 0.6 is 11.3 Å². The van der Waals surface area contributed by atoms with Crippen LogP contribution in [-0.4, -0.2) is 35.2 Å². The summed E-state index contributed by atoms with van der Waals surface area (Å²) in [7, 11) is 2.22. The third-order valence-electron chi connectivity index (χ3n) is 4.63. The lowest BCUT2D eigenvalue weighted by Crippen LogP contribution is -2.28. The molecule has 3 atom stereocenters. The van der Waals surface area contributed by atoms with Crippen molar-refractivity contribution in [2.45, 2.75) is 39.2 Å². The lowest BCUT2D eigenvalue weighted by Gasteiger charge is -2.26. The van der Waals surface area contributed by atoms with E-state index in [2.05, 4.69) is 34.4 Å². The van der Waals surface area contributed by atoms with Gasteiger partial charge in [0.2, 0.25) is 5.13 Å². The summed E-state index contributed by atoms with van der Waals surface area (Å²) in [4.78, 5) is 2.43. The number of nitrogens with zero attached hydrogens (tertiary/aromatic N) is 3. The zero-order valence-electron chi connectivity index (χ0n) is 11.9. The minimum absolute atomic E-state index is 0.912. The molecule has 0 aliphatic heterocycles. The van der Waals surface area contributed by atoms with Gasteiger partial charge in [0.1, 0.15) is 5.01 Å². The van der Waals surface area contributed by atoms with Crippen molar-refractivity contribution in [1.82, 2.24) is 15.1 Å². The van der Waals surface area contributed by atoms with Crippen LogP contribution in [0.2, 0.25) is 0 Å². The van der Waals surface area contributed by atoms with E-state index in [4.69, 9.17) is 0 Å². The van der Waals surface area contributed by atoms with Crippen molar-refractivity contribution >= 4 is 16.5 Å². The van der Waals surface area contributed by atoms with Crippen LogP contribution in [0, 0.1) is 17.8 Å². The Morgan fingerprint density at radius 3 is 2.89 bits per heavy atom. The normalized spacial score (nSPS) is 29.3. The van der Waals surface area contributed by atoms with E-state index in [0.717, 1.165) is 41.0 Å². The summed E-state index contributed by atoms with van der Waals surface area (Å²) in [6, 6.07) is 0. The molecule has 5 heteroatoms. The van der Waals surface area contributed by atoms with Crippen LogP contribution in [0.4, 0.5) is 5.13 Å². The van der Waals surface area contributed by atoms with Gasteiger partial charge in [-0.15, -0.1) is 10.2 Å². The van der Waals surface area contributed by atoms with E-state index in [1.54, 1.807) is 11.3 Å². The molecule has 2 saturated carbocycles. The van der Waals surface area contributed by atoms with E-state index in [1.165, 1.54) is 32.2 Å². The molecule has 3 unspecified atom stereocenters. The van der Waals surface area contributed by atoms with E-state index < -0.39 is 0 Å². The first-order chi connectivity index (χ1) is 9.24. The Morgan fingerprint density at radius 1 is 1.32 bits per heavy atom. The highest BCUT2D eigenvalue weighted by Gasteiger charge is 2.39. The third-order valence-corrected chi connectivity index (χ3v) is 5.50. The fourth-order valence-electron chi connectivity index (χ4n) is 3.84.